The lowest BCUT2D eigenvalue weighted by atomic mass is 10.1. The van der Waals surface area contributed by atoms with E-state index in [2.05, 4.69) is 20.4 Å². The fourth-order valence-electron chi connectivity index (χ4n) is 2.55. The molecule has 0 bridgehead atoms. The zero-order chi connectivity index (χ0) is 16.8. The molecule has 0 saturated carbocycles. The van der Waals surface area contributed by atoms with Crippen molar-refractivity contribution in [3.63, 3.8) is 0 Å². The molecule has 8 nitrogen and oxygen atoms in total. The molecule has 0 aliphatic carbocycles. The van der Waals surface area contributed by atoms with E-state index >= 15 is 0 Å². The Kier molecular flexibility index (Phi) is 5.29. The summed E-state index contributed by atoms with van der Waals surface area (Å²) in [5.41, 5.74) is 1.22. The zero-order valence-corrected chi connectivity index (χ0v) is 13.2. The number of hydrogen-bond donors (Lipinski definition) is 1. The molecule has 1 N–H and O–H groups in total. The SMILES string of the molecule is O=[N+]([O-])c1cc(-c2ccccc2)nnc1NCCN1CCOCC1. The number of anilines is 1. The van der Waals surface area contributed by atoms with Crippen molar-refractivity contribution in [1.82, 2.24) is 15.1 Å². The topological polar surface area (TPSA) is 93.4 Å². The lowest BCUT2D eigenvalue weighted by Gasteiger charge is -2.26. The summed E-state index contributed by atoms with van der Waals surface area (Å²) in [7, 11) is 0. The van der Waals surface area contributed by atoms with Gasteiger partial charge >= 0.3 is 5.69 Å². The van der Waals surface area contributed by atoms with Crippen molar-refractivity contribution < 1.29 is 9.66 Å². The number of rotatable bonds is 6. The van der Waals surface area contributed by atoms with Crippen molar-refractivity contribution in [2.75, 3.05) is 44.7 Å². The van der Waals surface area contributed by atoms with E-state index in [-0.39, 0.29) is 11.5 Å². The van der Waals surface area contributed by atoms with Crippen LogP contribution in [0.15, 0.2) is 36.4 Å². The monoisotopic (exact) mass is 329 g/mol. The van der Waals surface area contributed by atoms with Crippen LogP contribution in [0.2, 0.25) is 0 Å². The number of benzene rings is 1. The summed E-state index contributed by atoms with van der Waals surface area (Å²) in [6, 6.07) is 10.7. The minimum absolute atomic E-state index is 0.0640. The van der Waals surface area contributed by atoms with Gasteiger partial charge in [0.05, 0.1) is 23.8 Å². The lowest BCUT2D eigenvalue weighted by Crippen LogP contribution is -2.39. The fourth-order valence-corrected chi connectivity index (χ4v) is 2.55. The number of hydrogen-bond acceptors (Lipinski definition) is 7. The zero-order valence-electron chi connectivity index (χ0n) is 13.2. The maximum Gasteiger partial charge on any atom is 0.315 e. The van der Waals surface area contributed by atoms with Gasteiger partial charge in [-0.15, -0.1) is 10.2 Å². The fraction of sp³-hybridized carbons (Fsp3) is 0.375. The van der Waals surface area contributed by atoms with Crippen molar-refractivity contribution in [3.8, 4) is 11.3 Å². The Morgan fingerprint density at radius 3 is 2.67 bits per heavy atom. The van der Waals surface area contributed by atoms with Crippen molar-refractivity contribution in [2.24, 2.45) is 0 Å². The summed E-state index contributed by atoms with van der Waals surface area (Å²) in [5.74, 6) is 0.202. The highest BCUT2D eigenvalue weighted by atomic mass is 16.6. The standard InChI is InChI=1S/C16H19N5O3/c22-21(23)15-12-14(13-4-2-1-3-5-13)18-19-16(15)17-6-7-20-8-10-24-11-9-20/h1-5,12H,6-11H2,(H,17,19). The van der Waals surface area contributed by atoms with E-state index in [1.165, 1.54) is 6.07 Å². The third-order valence-electron chi connectivity index (χ3n) is 3.86. The van der Waals surface area contributed by atoms with Crippen LogP contribution in [0.4, 0.5) is 11.5 Å². The van der Waals surface area contributed by atoms with Gasteiger partial charge in [0.25, 0.3) is 0 Å². The minimum Gasteiger partial charge on any atom is -0.379 e. The highest BCUT2D eigenvalue weighted by molar-refractivity contribution is 5.66. The summed E-state index contributed by atoms with van der Waals surface area (Å²) in [4.78, 5) is 13.2. The molecule has 2 heterocycles. The Bertz CT molecular complexity index is 689. The van der Waals surface area contributed by atoms with Crippen LogP contribution in [0.25, 0.3) is 11.3 Å². The summed E-state index contributed by atoms with van der Waals surface area (Å²) >= 11 is 0. The summed E-state index contributed by atoms with van der Waals surface area (Å²) < 4.78 is 5.30. The summed E-state index contributed by atoms with van der Waals surface area (Å²) in [6.07, 6.45) is 0. The first-order valence-electron chi connectivity index (χ1n) is 7.85. The molecule has 126 valence electrons. The van der Waals surface area contributed by atoms with Gasteiger partial charge in [-0.2, -0.15) is 0 Å². The first-order valence-corrected chi connectivity index (χ1v) is 7.85. The number of aromatic nitrogens is 2. The minimum atomic E-state index is -0.432. The number of nitrogens with one attached hydrogen (secondary N) is 1. The van der Waals surface area contributed by atoms with Crippen LogP contribution in [0.5, 0.6) is 0 Å². The number of nitro groups is 1. The smallest absolute Gasteiger partial charge is 0.315 e. The molecule has 2 aromatic rings. The summed E-state index contributed by atoms with van der Waals surface area (Å²) in [5, 5.41) is 22.5. The van der Waals surface area contributed by atoms with E-state index in [1.54, 1.807) is 0 Å². The first kappa shape index (κ1) is 16.3. The van der Waals surface area contributed by atoms with Gasteiger partial charge in [-0.05, 0) is 0 Å². The van der Waals surface area contributed by atoms with E-state index in [4.69, 9.17) is 4.74 Å². The molecular formula is C16H19N5O3. The van der Waals surface area contributed by atoms with Crippen molar-refractivity contribution in [1.29, 1.82) is 0 Å². The first-order chi connectivity index (χ1) is 11.7. The van der Waals surface area contributed by atoms with Gasteiger partial charge in [0.1, 0.15) is 0 Å². The summed E-state index contributed by atoms with van der Waals surface area (Å²) in [6.45, 7) is 4.56. The Hall–Kier alpha value is -2.58. The molecule has 1 aliphatic heterocycles. The van der Waals surface area contributed by atoms with E-state index in [1.807, 2.05) is 30.3 Å². The molecule has 0 atom stereocenters. The molecule has 0 amide bonds. The Labute approximate surface area is 139 Å². The van der Waals surface area contributed by atoms with Gasteiger partial charge in [-0.25, -0.2) is 0 Å². The van der Waals surface area contributed by atoms with E-state index in [9.17, 15) is 10.1 Å². The molecule has 1 aromatic heterocycles. The molecule has 0 radical (unpaired) electrons. The number of nitrogens with zero attached hydrogens (tertiary/aromatic N) is 4. The Morgan fingerprint density at radius 2 is 1.96 bits per heavy atom. The van der Waals surface area contributed by atoms with Gasteiger partial charge in [0, 0.05) is 37.8 Å². The second-order valence-corrected chi connectivity index (χ2v) is 5.47. The molecule has 1 saturated heterocycles. The van der Waals surface area contributed by atoms with Gasteiger partial charge < -0.3 is 10.1 Å². The molecule has 8 heteroatoms. The van der Waals surface area contributed by atoms with Crippen LogP contribution in [0, 0.1) is 10.1 Å². The van der Waals surface area contributed by atoms with E-state index in [0.717, 1.165) is 38.4 Å². The maximum absolute atomic E-state index is 11.3. The second kappa shape index (κ2) is 7.80. The Balaban J connectivity index is 1.69. The van der Waals surface area contributed by atoms with Crippen LogP contribution in [-0.2, 0) is 4.74 Å². The number of ether oxygens (including phenoxy) is 1. The average Bonchev–Trinajstić information content (AvgIpc) is 2.63. The lowest BCUT2D eigenvalue weighted by molar-refractivity contribution is -0.384. The van der Waals surface area contributed by atoms with Crippen molar-refractivity contribution >= 4 is 11.5 Å². The van der Waals surface area contributed by atoms with Gasteiger partial charge in [-0.1, -0.05) is 30.3 Å². The molecule has 24 heavy (non-hydrogen) atoms. The molecule has 1 aliphatic rings. The molecule has 1 aromatic carbocycles. The van der Waals surface area contributed by atoms with Crippen LogP contribution in [0.3, 0.4) is 0 Å². The van der Waals surface area contributed by atoms with Crippen LogP contribution < -0.4 is 5.32 Å². The molecule has 3 rings (SSSR count). The third kappa shape index (κ3) is 4.03. The molecule has 1 fully saturated rings. The highest BCUT2D eigenvalue weighted by Gasteiger charge is 2.18. The van der Waals surface area contributed by atoms with E-state index in [0.29, 0.717) is 12.2 Å². The maximum atomic E-state index is 11.3. The van der Waals surface area contributed by atoms with Crippen LogP contribution in [0.1, 0.15) is 0 Å². The predicted molar refractivity (Wildman–Crippen MR) is 89.9 cm³/mol. The Morgan fingerprint density at radius 1 is 1.21 bits per heavy atom. The molecular weight excluding hydrogens is 310 g/mol. The average molecular weight is 329 g/mol. The number of morpholine rings is 1. The second-order valence-electron chi connectivity index (χ2n) is 5.47. The predicted octanol–water partition coefficient (Wildman–Crippen LogP) is 1.80. The normalized spacial score (nSPS) is 15.2. The van der Waals surface area contributed by atoms with Crippen LogP contribution in [-0.4, -0.2) is 59.4 Å². The van der Waals surface area contributed by atoms with Gasteiger partial charge in [-0.3, -0.25) is 15.0 Å². The highest BCUT2D eigenvalue weighted by Crippen LogP contribution is 2.26. The third-order valence-corrected chi connectivity index (χ3v) is 3.86. The quantitative estimate of drug-likeness (QED) is 0.638. The van der Waals surface area contributed by atoms with E-state index < -0.39 is 4.92 Å². The molecule has 0 unspecified atom stereocenters. The largest absolute Gasteiger partial charge is 0.379 e. The van der Waals surface area contributed by atoms with Gasteiger partial charge in [0.2, 0.25) is 5.82 Å². The van der Waals surface area contributed by atoms with Crippen LogP contribution >= 0.6 is 0 Å². The van der Waals surface area contributed by atoms with Crippen molar-refractivity contribution in [3.05, 3.63) is 46.5 Å². The molecule has 0 spiro atoms. The van der Waals surface area contributed by atoms with Gasteiger partial charge in [0.15, 0.2) is 0 Å². The van der Waals surface area contributed by atoms with Crippen molar-refractivity contribution in [2.45, 2.75) is 0 Å².